The number of aromatic carboxylic acids is 1. The van der Waals surface area contributed by atoms with Crippen LogP contribution in [-0.4, -0.2) is 59.8 Å². The quantitative estimate of drug-likeness (QED) is 0.822. The number of hydrogen-bond acceptors (Lipinski definition) is 5. The summed E-state index contributed by atoms with van der Waals surface area (Å²) in [7, 11) is -3.93. The lowest BCUT2D eigenvalue weighted by molar-refractivity contribution is -0.00286. The topological polar surface area (TPSA) is 113 Å². The van der Waals surface area contributed by atoms with Crippen molar-refractivity contribution in [1.82, 2.24) is 14.5 Å². The highest BCUT2D eigenvalue weighted by Gasteiger charge is 2.36. The largest absolute Gasteiger partial charge is 0.478 e. The van der Waals surface area contributed by atoms with Crippen LogP contribution in [0.1, 0.15) is 29.4 Å². The Morgan fingerprint density at radius 2 is 2.30 bits per heavy atom. The summed E-state index contributed by atoms with van der Waals surface area (Å²) in [6, 6.07) is 0. The van der Waals surface area contributed by atoms with Crippen LogP contribution in [0.25, 0.3) is 0 Å². The second-order valence-electron chi connectivity index (χ2n) is 4.60. The first-order valence-electron chi connectivity index (χ1n) is 6.28. The molecule has 1 unspecified atom stereocenters. The maximum Gasteiger partial charge on any atom is 0.340 e. The fourth-order valence-electron chi connectivity index (χ4n) is 2.13. The van der Waals surface area contributed by atoms with Gasteiger partial charge in [0.25, 0.3) is 10.0 Å². The van der Waals surface area contributed by atoms with Gasteiger partial charge in [0.1, 0.15) is 5.56 Å². The number of carbonyl (C=O) groups is 1. The number of nitrogens with zero attached hydrogens (tertiary/aromatic N) is 2. The molecule has 0 aliphatic carbocycles. The number of hydrogen-bond donors (Lipinski definition) is 2. The van der Waals surface area contributed by atoms with Crippen LogP contribution in [0.3, 0.4) is 0 Å². The molecule has 0 amide bonds. The molecule has 0 saturated carbocycles. The number of carboxylic acid groups (broad SMARTS) is 1. The van der Waals surface area contributed by atoms with Gasteiger partial charge in [0.2, 0.25) is 5.03 Å². The van der Waals surface area contributed by atoms with Crippen molar-refractivity contribution in [3.63, 3.8) is 0 Å². The molecular weight excluding hydrogens is 286 g/mol. The standard InChI is InChI=1S/C11H17N3O5S/c1-3-8-6-14(4-5-19-8)20(17,18)10-9(11(15)16)7(2)12-13-10/h8H,3-6H2,1-2H3,(H,12,13)(H,15,16). The van der Waals surface area contributed by atoms with Crippen molar-refractivity contribution >= 4 is 16.0 Å². The molecule has 20 heavy (non-hydrogen) atoms. The third kappa shape index (κ3) is 2.56. The Morgan fingerprint density at radius 1 is 1.60 bits per heavy atom. The van der Waals surface area contributed by atoms with E-state index in [1.807, 2.05) is 6.92 Å². The fourth-order valence-corrected chi connectivity index (χ4v) is 3.71. The number of H-pyrrole nitrogens is 1. The van der Waals surface area contributed by atoms with E-state index in [-0.39, 0.29) is 30.5 Å². The normalized spacial score (nSPS) is 21.0. The Hall–Kier alpha value is -1.45. The zero-order valence-electron chi connectivity index (χ0n) is 11.3. The summed E-state index contributed by atoms with van der Waals surface area (Å²) in [4.78, 5) is 11.2. The Labute approximate surface area is 116 Å². The number of sulfonamides is 1. The maximum atomic E-state index is 12.5. The maximum absolute atomic E-state index is 12.5. The number of aryl methyl sites for hydroxylation is 1. The van der Waals surface area contributed by atoms with E-state index in [1.54, 1.807) is 0 Å². The summed E-state index contributed by atoms with van der Waals surface area (Å²) >= 11 is 0. The molecule has 0 aromatic carbocycles. The molecular formula is C11H17N3O5S. The number of rotatable bonds is 4. The van der Waals surface area contributed by atoms with Crippen LogP contribution in [0.5, 0.6) is 0 Å². The minimum absolute atomic E-state index is 0.174. The molecule has 1 aliphatic rings. The van der Waals surface area contributed by atoms with E-state index >= 15 is 0 Å². The summed E-state index contributed by atoms with van der Waals surface area (Å²) < 4.78 is 31.7. The predicted octanol–water partition coefficient (Wildman–Crippen LogP) is 0.216. The molecule has 9 heteroatoms. The molecule has 2 heterocycles. The van der Waals surface area contributed by atoms with E-state index in [0.29, 0.717) is 13.0 Å². The summed E-state index contributed by atoms with van der Waals surface area (Å²) in [5, 5.41) is 14.8. The molecule has 112 valence electrons. The summed E-state index contributed by atoms with van der Waals surface area (Å²) in [6.45, 7) is 4.09. The number of aromatic nitrogens is 2. The van der Waals surface area contributed by atoms with Gasteiger partial charge in [0, 0.05) is 18.8 Å². The first-order valence-corrected chi connectivity index (χ1v) is 7.72. The van der Waals surface area contributed by atoms with Gasteiger partial charge in [-0.15, -0.1) is 0 Å². The van der Waals surface area contributed by atoms with Crippen molar-refractivity contribution in [2.75, 3.05) is 19.7 Å². The summed E-state index contributed by atoms with van der Waals surface area (Å²) in [6.07, 6.45) is 0.518. The fraction of sp³-hybridized carbons (Fsp3) is 0.636. The number of nitrogens with one attached hydrogen (secondary N) is 1. The van der Waals surface area contributed by atoms with Gasteiger partial charge in [-0.2, -0.15) is 9.40 Å². The predicted molar refractivity (Wildman–Crippen MR) is 69.1 cm³/mol. The van der Waals surface area contributed by atoms with Crippen LogP contribution < -0.4 is 0 Å². The zero-order valence-corrected chi connectivity index (χ0v) is 12.1. The van der Waals surface area contributed by atoms with Crippen molar-refractivity contribution in [3.8, 4) is 0 Å². The lowest BCUT2D eigenvalue weighted by Crippen LogP contribution is -2.45. The van der Waals surface area contributed by atoms with Gasteiger partial charge in [-0.25, -0.2) is 13.2 Å². The van der Waals surface area contributed by atoms with E-state index in [4.69, 9.17) is 9.84 Å². The second-order valence-corrected chi connectivity index (χ2v) is 6.45. The highest BCUT2D eigenvalue weighted by atomic mass is 32.2. The molecule has 1 fully saturated rings. The van der Waals surface area contributed by atoms with Crippen molar-refractivity contribution in [2.45, 2.75) is 31.4 Å². The summed E-state index contributed by atoms with van der Waals surface area (Å²) in [5.41, 5.74) is -0.0825. The molecule has 0 radical (unpaired) electrons. The van der Waals surface area contributed by atoms with Crippen LogP contribution in [0.15, 0.2) is 5.03 Å². The molecule has 2 rings (SSSR count). The molecule has 0 spiro atoms. The van der Waals surface area contributed by atoms with Crippen LogP contribution in [-0.2, 0) is 14.8 Å². The van der Waals surface area contributed by atoms with Crippen molar-refractivity contribution in [2.24, 2.45) is 0 Å². The average molecular weight is 303 g/mol. The van der Waals surface area contributed by atoms with E-state index in [0.717, 1.165) is 0 Å². The van der Waals surface area contributed by atoms with Crippen molar-refractivity contribution in [3.05, 3.63) is 11.3 Å². The number of carboxylic acids is 1. The van der Waals surface area contributed by atoms with Crippen molar-refractivity contribution < 1.29 is 23.1 Å². The average Bonchev–Trinajstić information content (AvgIpc) is 2.81. The molecule has 2 N–H and O–H groups in total. The van der Waals surface area contributed by atoms with Crippen LogP contribution >= 0.6 is 0 Å². The molecule has 1 aromatic rings. The van der Waals surface area contributed by atoms with Crippen LogP contribution in [0.4, 0.5) is 0 Å². The molecule has 1 aliphatic heterocycles. The van der Waals surface area contributed by atoms with E-state index in [2.05, 4.69) is 10.2 Å². The van der Waals surface area contributed by atoms with Gasteiger partial charge in [-0.1, -0.05) is 6.92 Å². The number of morpholine rings is 1. The van der Waals surface area contributed by atoms with Crippen LogP contribution in [0.2, 0.25) is 0 Å². The van der Waals surface area contributed by atoms with Crippen LogP contribution in [0, 0.1) is 6.92 Å². The second kappa shape index (κ2) is 5.51. The summed E-state index contributed by atoms with van der Waals surface area (Å²) in [5.74, 6) is -1.31. The molecule has 1 saturated heterocycles. The molecule has 0 bridgehead atoms. The van der Waals surface area contributed by atoms with Gasteiger partial charge in [0.05, 0.1) is 12.7 Å². The first kappa shape index (κ1) is 14.9. The molecule has 8 nitrogen and oxygen atoms in total. The minimum atomic E-state index is -3.93. The third-order valence-corrected chi connectivity index (χ3v) is 5.06. The van der Waals surface area contributed by atoms with E-state index in [9.17, 15) is 13.2 Å². The molecule has 1 aromatic heterocycles. The Kier molecular flexibility index (Phi) is 4.11. The van der Waals surface area contributed by atoms with Gasteiger partial charge in [-0.3, -0.25) is 5.10 Å². The van der Waals surface area contributed by atoms with Gasteiger partial charge in [0.15, 0.2) is 0 Å². The lowest BCUT2D eigenvalue weighted by Gasteiger charge is -2.31. The van der Waals surface area contributed by atoms with Gasteiger partial charge in [-0.05, 0) is 13.3 Å². The number of aromatic amines is 1. The van der Waals surface area contributed by atoms with Crippen molar-refractivity contribution in [1.29, 1.82) is 0 Å². The Balaban J connectivity index is 2.38. The lowest BCUT2D eigenvalue weighted by atomic mass is 10.2. The third-order valence-electron chi connectivity index (χ3n) is 3.27. The highest BCUT2D eigenvalue weighted by Crippen LogP contribution is 2.22. The number of ether oxygens (including phenoxy) is 1. The van der Waals surface area contributed by atoms with Gasteiger partial charge < -0.3 is 9.84 Å². The monoisotopic (exact) mass is 303 g/mol. The zero-order chi connectivity index (χ0) is 14.9. The minimum Gasteiger partial charge on any atom is -0.478 e. The van der Waals surface area contributed by atoms with E-state index in [1.165, 1.54) is 11.2 Å². The smallest absolute Gasteiger partial charge is 0.340 e. The van der Waals surface area contributed by atoms with E-state index < -0.39 is 21.0 Å². The Morgan fingerprint density at radius 3 is 2.90 bits per heavy atom. The first-order chi connectivity index (χ1) is 9.37. The molecule has 1 atom stereocenters. The van der Waals surface area contributed by atoms with Gasteiger partial charge >= 0.3 is 5.97 Å². The highest BCUT2D eigenvalue weighted by molar-refractivity contribution is 7.89. The Bertz CT molecular complexity index is 610. The SMILES string of the molecule is CCC1CN(S(=O)(=O)c2n[nH]c(C)c2C(=O)O)CCO1.